The molecule has 0 aromatic carbocycles. The molecular weight excluding hydrogens is 216 g/mol. The molecule has 1 aliphatic carbocycles. The van der Waals surface area contributed by atoms with Crippen LogP contribution in [-0.2, 0) is 11.8 Å². The normalized spacial score (nSPS) is 22.9. The maximum Gasteiger partial charge on any atom is 0.142 e. The van der Waals surface area contributed by atoms with Crippen molar-refractivity contribution in [2.45, 2.75) is 38.8 Å². The number of hydrogen-bond donors (Lipinski definition) is 1. The van der Waals surface area contributed by atoms with E-state index in [0.29, 0.717) is 17.7 Å². The third-order valence-electron chi connectivity index (χ3n) is 3.17. The van der Waals surface area contributed by atoms with Crippen molar-refractivity contribution in [3.05, 3.63) is 11.3 Å². The van der Waals surface area contributed by atoms with Crippen molar-refractivity contribution >= 4 is 5.82 Å². The highest BCUT2D eigenvalue weighted by Gasteiger charge is 2.30. The molecule has 5 nitrogen and oxygen atoms in total. The van der Waals surface area contributed by atoms with E-state index in [4.69, 9.17) is 10.00 Å². The fourth-order valence-electron chi connectivity index (χ4n) is 2.21. The van der Waals surface area contributed by atoms with Crippen LogP contribution in [0.25, 0.3) is 0 Å². The van der Waals surface area contributed by atoms with Gasteiger partial charge in [0.2, 0.25) is 0 Å². The van der Waals surface area contributed by atoms with Gasteiger partial charge in [0.25, 0.3) is 0 Å². The molecule has 0 atom stereocenters. The second-order valence-corrected chi connectivity index (χ2v) is 4.43. The van der Waals surface area contributed by atoms with Gasteiger partial charge in [0.15, 0.2) is 0 Å². The van der Waals surface area contributed by atoms with Gasteiger partial charge in [-0.15, -0.1) is 0 Å². The van der Waals surface area contributed by atoms with Crippen molar-refractivity contribution in [2.75, 3.05) is 11.9 Å². The van der Waals surface area contributed by atoms with Crippen molar-refractivity contribution in [3.63, 3.8) is 0 Å². The number of aryl methyl sites for hydroxylation is 2. The quantitative estimate of drug-likeness (QED) is 0.859. The van der Waals surface area contributed by atoms with Crippen LogP contribution >= 0.6 is 0 Å². The maximum absolute atomic E-state index is 9.08. The largest absolute Gasteiger partial charge is 0.378 e. The molecule has 0 saturated heterocycles. The van der Waals surface area contributed by atoms with Crippen molar-refractivity contribution < 1.29 is 4.74 Å². The van der Waals surface area contributed by atoms with Gasteiger partial charge in [0, 0.05) is 19.7 Å². The average Bonchev–Trinajstić information content (AvgIpc) is 2.50. The van der Waals surface area contributed by atoms with Crippen LogP contribution in [0.15, 0.2) is 0 Å². The van der Waals surface area contributed by atoms with Gasteiger partial charge in [0.05, 0.1) is 11.8 Å². The highest BCUT2D eigenvalue weighted by molar-refractivity contribution is 5.55. The molecule has 0 amide bonds. The summed E-state index contributed by atoms with van der Waals surface area (Å²) >= 11 is 0. The molecule has 0 aliphatic heterocycles. The predicted molar refractivity (Wildman–Crippen MR) is 64.7 cm³/mol. The van der Waals surface area contributed by atoms with E-state index < -0.39 is 0 Å². The second-order valence-electron chi connectivity index (χ2n) is 4.43. The third kappa shape index (κ3) is 2.27. The van der Waals surface area contributed by atoms with E-state index >= 15 is 0 Å². The highest BCUT2D eigenvalue weighted by Crippen LogP contribution is 2.28. The van der Waals surface area contributed by atoms with Crippen LogP contribution in [0.3, 0.4) is 0 Å². The first-order valence-electron chi connectivity index (χ1n) is 5.97. The van der Waals surface area contributed by atoms with E-state index in [9.17, 15) is 0 Å². The lowest BCUT2D eigenvalue weighted by molar-refractivity contribution is 0.00285. The lowest BCUT2D eigenvalue weighted by Crippen LogP contribution is -2.41. The molecule has 2 rings (SSSR count). The zero-order chi connectivity index (χ0) is 12.4. The summed E-state index contributed by atoms with van der Waals surface area (Å²) in [7, 11) is 1.86. The van der Waals surface area contributed by atoms with Crippen LogP contribution in [-0.4, -0.2) is 28.5 Å². The smallest absolute Gasteiger partial charge is 0.142 e. The molecule has 1 heterocycles. The number of rotatable bonds is 4. The Kier molecular flexibility index (Phi) is 3.34. The zero-order valence-electron chi connectivity index (χ0n) is 10.5. The fraction of sp³-hybridized carbons (Fsp3) is 0.667. The Morgan fingerprint density at radius 3 is 2.88 bits per heavy atom. The first-order valence-corrected chi connectivity index (χ1v) is 5.97. The van der Waals surface area contributed by atoms with Crippen molar-refractivity contribution in [1.82, 2.24) is 9.78 Å². The molecular formula is C12H18N4O. The minimum Gasteiger partial charge on any atom is -0.378 e. The number of hydrogen-bond acceptors (Lipinski definition) is 4. The van der Waals surface area contributed by atoms with Crippen LogP contribution in [0.2, 0.25) is 0 Å². The SMILES string of the molecule is CCOC1CC(Nc2c(C#N)c(C)nn2C)C1. The summed E-state index contributed by atoms with van der Waals surface area (Å²) in [5.41, 5.74) is 1.42. The van der Waals surface area contributed by atoms with Gasteiger partial charge in [-0.25, -0.2) is 0 Å². The molecule has 92 valence electrons. The van der Waals surface area contributed by atoms with E-state index in [2.05, 4.69) is 16.5 Å². The maximum atomic E-state index is 9.08. The van der Waals surface area contributed by atoms with Gasteiger partial charge in [0.1, 0.15) is 17.5 Å². The van der Waals surface area contributed by atoms with E-state index in [1.54, 1.807) is 4.68 Å². The van der Waals surface area contributed by atoms with Crippen molar-refractivity contribution in [3.8, 4) is 6.07 Å². The zero-order valence-corrected chi connectivity index (χ0v) is 10.5. The van der Waals surface area contributed by atoms with Crippen LogP contribution in [0, 0.1) is 18.3 Å². The van der Waals surface area contributed by atoms with Crippen LogP contribution in [0.5, 0.6) is 0 Å². The van der Waals surface area contributed by atoms with Gasteiger partial charge in [-0.2, -0.15) is 10.4 Å². The molecule has 0 unspecified atom stereocenters. The Hall–Kier alpha value is -1.54. The van der Waals surface area contributed by atoms with Gasteiger partial charge in [-0.05, 0) is 26.7 Å². The minimum absolute atomic E-state index is 0.373. The van der Waals surface area contributed by atoms with Gasteiger partial charge in [-0.1, -0.05) is 0 Å². The molecule has 0 spiro atoms. The Bertz CT molecular complexity index is 440. The second kappa shape index (κ2) is 4.76. The summed E-state index contributed by atoms with van der Waals surface area (Å²) in [5.74, 6) is 0.824. The number of anilines is 1. The number of nitrogens with one attached hydrogen (secondary N) is 1. The van der Waals surface area contributed by atoms with Gasteiger partial charge < -0.3 is 10.1 Å². The molecule has 1 aromatic heterocycles. The summed E-state index contributed by atoms with van der Waals surface area (Å²) in [6, 6.07) is 2.59. The summed E-state index contributed by atoms with van der Waals surface area (Å²) in [6.07, 6.45) is 2.38. The molecule has 1 fully saturated rings. The Labute approximate surface area is 101 Å². The molecule has 1 saturated carbocycles. The first-order chi connectivity index (χ1) is 8.15. The van der Waals surface area contributed by atoms with Crippen LogP contribution in [0.1, 0.15) is 31.0 Å². The lowest BCUT2D eigenvalue weighted by atomic mass is 9.89. The Morgan fingerprint density at radius 2 is 2.29 bits per heavy atom. The van der Waals surface area contributed by atoms with Crippen LogP contribution in [0.4, 0.5) is 5.82 Å². The molecule has 0 bridgehead atoms. The first kappa shape index (κ1) is 11.9. The number of aromatic nitrogens is 2. The van der Waals surface area contributed by atoms with E-state index in [1.807, 2.05) is 20.9 Å². The third-order valence-corrected chi connectivity index (χ3v) is 3.17. The molecule has 1 N–H and O–H groups in total. The lowest BCUT2D eigenvalue weighted by Gasteiger charge is -2.35. The topological polar surface area (TPSA) is 62.9 Å². The van der Waals surface area contributed by atoms with E-state index in [1.165, 1.54) is 0 Å². The number of nitrogens with zero attached hydrogens (tertiary/aromatic N) is 3. The van der Waals surface area contributed by atoms with E-state index in [-0.39, 0.29) is 0 Å². The summed E-state index contributed by atoms with van der Waals surface area (Å²) < 4.78 is 7.25. The summed E-state index contributed by atoms with van der Waals surface area (Å²) in [4.78, 5) is 0. The van der Waals surface area contributed by atoms with Gasteiger partial charge >= 0.3 is 0 Å². The summed E-state index contributed by atoms with van der Waals surface area (Å²) in [6.45, 7) is 4.64. The number of ether oxygens (including phenoxy) is 1. The monoisotopic (exact) mass is 234 g/mol. The number of nitriles is 1. The fourth-order valence-corrected chi connectivity index (χ4v) is 2.21. The van der Waals surface area contributed by atoms with Crippen LogP contribution < -0.4 is 5.32 Å². The average molecular weight is 234 g/mol. The molecule has 1 aromatic rings. The standard InChI is InChI=1S/C12H18N4O/c1-4-17-10-5-9(6-10)14-12-11(7-13)8(2)15-16(12)3/h9-10,14H,4-6H2,1-3H3. The minimum atomic E-state index is 0.373. The molecule has 5 heteroatoms. The van der Waals surface area contributed by atoms with Gasteiger partial charge in [-0.3, -0.25) is 4.68 Å². The molecule has 0 radical (unpaired) electrons. The predicted octanol–water partition coefficient (Wildman–Crippen LogP) is 1.58. The Balaban J connectivity index is 1.99. The Morgan fingerprint density at radius 1 is 1.59 bits per heavy atom. The van der Waals surface area contributed by atoms with Crippen molar-refractivity contribution in [1.29, 1.82) is 5.26 Å². The summed E-state index contributed by atoms with van der Waals surface area (Å²) in [5, 5.41) is 16.7. The molecule has 17 heavy (non-hydrogen) atoms. The highest BCUT2D eigenvalue weighted by atomic mass is 16.5. The van der Waals surface area contributed by atoms with Crippen molar-refractivity contribution in [2.24, 2.45) is 7.05 Å². The molecule has 1 aliphatic rings. The van der Waals surface area contributed by atoms with E-state index in [0.717, 1.165) is 31.0 Å².